The van der Waals surface area contributed by atoms with Crippen LogP contribution in [0.4, 0.5) is 11.4 Å². The number of nitro benzene ring substituents is 1. The van der Waals surface area contributed by atoms with Crippen LogP contribution in [0, 0.1) is 10.1 Å². The number of hydrogen-bond donors (Lipinski definition) is 3. The van der Waals surface area contributed by atoms with Gasteiger partial charge in [0.15, 0.2) is 5.11 Å². The molecule has 2 rings (SSSR count). The minimum absolute atomic E-state index is 0.0280. The zero-order valence-electron chi connectivity index (χ0n) is 13.0. The molecule has 140 valence electrons. The van der Waals surface area contributed by atoms with Gasteiger partial charge in [0.1, 0.15) is 0 Å². The van der Waals surface area contributed by atoms with Gasteiger partial charge in [-0.3, -0.25) is 20.2 Å². The van der Waals surface area contributed by atoms with Gasteiger partial charge in [0.2, 0.25) is 0 Å². The highest BCUT2D eigenvalue weighted by Gasteiger charge is 2.19. The summed E-state index contributed by atoms with van der Waals surface area (Å²) in [5.41, 5.74) is -0.228. The van der Waals surface area contributed by atoms with Gasteiger partial charge in [-0.05, 0) is 46.3 Å². The molecular weight excluding hydrogens is 530 g/mol. The van der Waals surface area contributed by atoms with Crippen LogP contribution >= 0.6 is 55.7 Å². The van der Waals surface area contributed by atoms with E-state index in [9.17, 15) is 24.8 Å². The van der Waals surface area contributed by atoms with Crippen molar-refractivity contribution in [3.8, 4) is 0 Å². The van der Waals surface area contributed by atoms with Crippen molar-refractivity contribution in [1.29, 1.82) is 0 Å². The Morgan fingerprint density at radius 1 is 1.19 bits per heavy atom. The number of aromatic carboxylic acids is 1. The maximum absolute atomic E-state index is 12.3. The quantitative estimate of drug-likeness (QED) is 0.296. The first-order valence-electron chi connectivity index (χ1n) is 6.88. The Hall–Kier alpha value is -2.08. The predicted molar refractivity (Wildman–Crippen MR) is 111 cm³/mol. The maximum Gasteiger partial charge on any atom is 0.337 e. The highest BCUT2D eigenvalue weighted by atomic mass is 79.9. The van der Waals surface area contributed by atoms with Crippen LogP contribution in [0.5, 0.6) is 0 Å². The van der Waals surface area contributed by atoms with Gasteiger partial charge in [-0.25, -0.2) is 4.79 Å². The Balaban J connectivity index is 2.21. The number of nitrogens with one attached hydrogen (secondary N) is 2. The molecule has 0 saturated carbocycles. The molecule has 0 heterocycles. The van der Waals surface area contributed by atoms with Crippen molar-refractivity contribution < 1.29 is 19.6 Å². The van der Waals surface area contributed by atoms with Gasteiger partial charge in [0.25, 0.3) is 11.6 Å². The lowest BCUT2D eigenvalue weighted by molar-refractivity contribution is -0.384. The van der Waals surface area contributed by atoms with Gasteiger partial charge in [0.05, 0.1) is 26.8 Å². The number of amides is 1. The molecule has 0 saturated heterocycles. The number of non-ortho nitro benzene ring substituents is 1. The van der Waals surface area contributed by atoms with E-state index in [0.29, 0.717) is 8.95 Å². The minimum Gasteiger partial charge on any atom is -0.478 e. The van der Waals surface area contributed by atoms with Crippen LogP contribution in [-0.4, -0.2) is 27.0 Å². The third-order valence-corrected chi connectivity index (χ3v) is 4.76. The first kappa shape index (κ1) is 21.2. The van der Waals surface area contributed by atoms with E-state index in [4.69, 9.17) is 23.8 Å². The summed E-state index contributed by atoms with van der Waals surface area (Å²) in [6, 6.07) is 6.34. The van der Waals surface area contributed by atoms with E-state index >= 15 is 0 Å². The molecule has 27 heavy (non-hydrogen) atoms. The highest BCUT2D eigenvalue weighted by molar-refractivity contribution is 9.11. The molecule has 0 aliphatic heterocycles. The number of halogens is 3. The molecule has 2 aromatic carbocycles. The number of thiocarbonyl (C=S) groups is 1. The third-order valence-electron chi connectivity index (χ3n) is 3.16. The van der Waals surface area contributed by atoms with Crippen LogP contribution in [0.25, 0.3) is 0 Å². The monoisotopic (exact) mass is 535 g/mol. The van der Waals surface area contributed by atoms with Crippen LogP contribution in [0.15, 0.2) is 39.3 Å². The van der Waals surface area contributed by atoms with Crippen LogP contribution in [-0.2, 0) is 0 Å². The molecule has 0 aliphatic rings. The van der Waals surface area contributed by atoms with Crippen molar-refractivity contribution in [3.05, 3.63) is 65.5 Å². The first-order valence-corrected chi connectivity index (χ1v) is 9.26. The Bertz CT molecular complexity index is 986. The van der Waals surface area contributed by atoms with E-state index in [0.717, 1.165) is 12.1 Å². The molecule has 0 aliphatic carbocycles. The zero-order chi connectivity index (χ0) is 20.3. The Morgan fingerprint density at radius 2 is 1.85 bits per heavy atom. The molecule has 0 fully saturated rings. The average molecular weight is 538 g/mol. The maximum atomic E-state index is 12.3. The molecule has 1 amide bonds. The summed E-state index contributed by atoms with van der Waals surface area (Å²) in [5, 5.41) is 24.7. The van der Waals surface area contributed by atoms with Crippen molar-refractivity contribution in [2.45, 2.75) is 0 Å². The molecule has 8 nitrogen and oxygen atoms in total. The van der Waals surface area contributed by atoms with Gasteiger partial charge in [0, 0.05) is 21.1 Å². The third kappa shape index (κ3) is 5.22. The SMILES string of the molecule is O=C(NC(=S)Nc1c(Br)cc(Br)cc1C(=O)O)c1ccc([N+](=O)[O-])cc1Cl. The van der Waals surface area contributed by atoms with Crippen molar-refractivity contribution in [1.82, 2.24) is 5.32 Å². The van der Waals surface area contributed by atoms with Crippen molar-refractivity contribution in [2.24, 2.45) is 0 Å². The fourth-order valence-electron chi connectivity index (χ4n) is 1.99. The zero-order valence-corrected chi connectivity index (χ0v) is 17.7. The van der Waals surface area contributed by atoms with E-state index < -0.39 is 16.8 Å². The second kappa shape index (κ2) is 8.74. The largest absolute Gasteiger partial charge is 0.478 e. The number of carbonyl (C=O) groups is 2. The number of carbonyl (C=O) groups excluding carboxylic acids is 1. The molecule has 0 unspecified atom stereocenters. The molecule has 2 aromatic rings. The fraction of sp³-hybridized carbons (Fsp3) is 0. The van der Waals surface area contributed by atoms with E-state index in [2.05, 4.69) is 42.5 Å². The molecule has 0 atom stereocenters. The van der Waals surface area contributed by atoms with E-state index in [1.54, 1.807) is 6.07 Å². The van der Waals surface area contributed by atoms with E-state index in [1.165, 1.54) is 12.1 Å². The van der Waals surface area contributed by atoms with Crippen LogP contribution in [0.2, 0.25) is 5.02 Å². The normalized spacial score (nSPS) is 10.2. The number of nitrogens with zero attached hydrogens (tertiary/aromatic N) is 1. The lowest BCUT2D eigenvalue weighted by Crippen LogP contribution is -2.34. The number of carboxylic acid groups (broad SMARTS) is 1. The molecule has 0 bridgehead atoms. The summed E-state index contributed by atoms with van der Waals surface area (Å²) >= 11 is 17.4. The molecule has 3 N–H and O–H groups in total. The minimum atomic E-state index is -1.20. The lowest BCUT2D eigenvalue weighted by atomic mass is 10.2. The van der Waals surface area contributed by atoms with E-state index in [1.807, 2.05) is 0 Å². The Labute approximate surface area is 179 Å². The van der Waals surface area contributed by atoms with Gasteiger partial charge in [-0.1, -0.05) is 27.5 Å². The van der Waals surface area contributed by atoms with Crippen molar-refractivity contribution in [3.63, 3.8) is 0 Å². The van der Waals surface area contributed by atoms with Crippen LogP contribution in [0.3, 0.4) is 0 Å². The van der Waals surface area contributed by atoms with E-state index in [-0.39, 0.29) is 32.6 Å². The summed E-state index contributed by atoms with van der Waals surface area (Å²) in [6.07, 6.45) is 0. The Morgan fingerprint density at radius 3 is 2.41 bits per heavy atom. The second-order valence-electron chi connectivity index (χ2n) is 4.94. The predicted octanol–water partition coefficient (Wildman–Crippen LogP) is 4.60. The molecular formula is C15H8Br2ClN3O5S. The number of rotatable bonds is 4. The average Bonchev–Trinajstić information content (AvgIpc) is 2.56. The number of nitro groups is 1. The second-order valence-corrected chi connectivity index (χ2v) is 7.53. The first-order chi connectivity index (χ1) is 12.6. The number of hydrogen-bond acceptors (Lipinski definition) is 5. The van der Waals surface area contributed by atoms with Crippen LogP contribution < -0.4 is 10.6 Å². The summed E-state index contributed by atoms with van der Waals surface area (Å²) in [4.78, 5) is 33.8. The molecule has 0 aromatic heterocycles. The van der Waals surface area contributed by atoms with Crippen LogP contribution in [0.1, 0.15) is 20.7 Å². The fourth-order valence-corrected chi connectivity index (χ4v) is 3.77. The topological polar surface area (TPSA) is 122 Å². The number of carboxylic acids is 1. The summed E-state index contributed by atoms with van der Waals surface area (Å²) in [6.45, 7) is 0. The number of benzene rings is 2. The van der Waals surface area contributed by atoms with Crippen molar-refractivity contribution >= 4 is 84.0 Å². The summed E-state index contributed by atoms with van der Waals surface area (Å²) < 4.78 is 0.934. The summed E-state index contributed by atoms with van der Waals surface area (Å²) in [7, 11) is 0. The number of anilines is 1. The van der Waals surface area contributed by atoms with Gasteiger partial charge >= 0.3 is 5.97 Å². The van der Waals surface area contributed by atoms with Gasteiger partial charge in [-0.2, -0.15) is 0 Å². The highest BCUT2D eigenvalue weighted by Crippen LogP contribution is 2.31. The molecule has 0 spiro atoms. The lowest BCUT2D eigenvalue weighted by Gasteiger charge is -2.14. The smallest absolute Gasteiger partial charge is 0.337 e. The van der Waals surface area contributed by atoms with Gasteiger partial charge < -0.3 is 10.4 Å². The molecule has 0 radical (unpaired) electrons. The molecule has 12 heteroatoms. The summed E-state index contributed by atoms with van der Waals surface area (Å²) in [5.74, 6) is -1.91. The van der Waals surface area contributed by atoms with Crippen molar-refractivity contribution in [2.75, 3.05) is 5.32 Å². The standard InChI is InChI=1S/C15H8Br2ClN3O5S/c16-6-3-9(14(23)24)12(10(17)4-6)19-15(27)20-13(22)8-2-1-7(21(25)26)5-11(8)18/h1-5H,(H,23,24)(H2,19,20,22,27). The Kier molecular flexibility index (Phi) is 6.87. The van der Waals surface area contributed by atoms with Gasteiger partial charge in [-0.15, -0.1) is 0 Å².